The van der Waals surface area contributed by atoms with Crippen molar-refractivity contribution in [2.45, 2.75) is 36.6 Å². The fourth-order valence-corrected chi connectivity index (χ4v) is 6.14. The zero-order valence-electron chi connectivity index (χ0n) is 16.8. The molecule has 0 aromatic carbocycles. The Labute approximate surface area is 217 Å². The fraction of sp³-hybridized carbons (Fsp3) is 1.00. The Morgan fingerprint density at radius 3 is 0.432 bits per heavy atom. The van der Waals surface area contributed by atoms with Crippen LogP contribution in [0, 0.1) is 0 Å². The molecule has 0 saturated heterocycles. The number of hydrogen-bond acceptors (Lipinski definition) is 12. The summed E-state index contributed by atoms with van der Waals surface area (Å²) >= 11 is 0. The number of phosphoric ester groups is 6. The van der Waals surface area contributed by atoms with E-state index in [4.69, 9.17) is 58.7 Å². The second-order valence-corrected chi connectivity index (χ2v) is 13.5. The van der Waals surface area contributed by atoms with Gasteiger partial charge in [-0.3, -0.25) is 27.1 Å². The normalized spacial score (nSPS) is 28.5. The summed E-state index contributed by atoms with van der Waals surface area (Å²) in [5, 5.41) is 0. The molecule has 1 saturated carbocycles. The molecule has 0 aromatic rings. The minimum absolute atomic E-state index is 0. The van der Waals surface area contributed by atoms with Crippen LogP contribution in [0.2, 0.25) is 0 Å². The van der Waals surface area contributed by atoms with Gasteiger partial charge in [-0.2, -0.15) is 0 Å². The molecule has 24 nitrogen and oxygen atoms in total. The van der Waals surface area contributed by atoms with E-state index in [0.29, 0.717) is 0 Å². The van der Waals surface area contributed by atoms with Crippen molar-refractivity contribution in [1.82, 2.24) is 0 Å². The number of phosphoric acid groups is 6. The molecule has 31 heteroatoms. The van der Waals surface area contributed by atoms with Crippen molar-refractivity contribution >= 4 is 46.9 Å². The Balaban J connectivity index is 0.0000130. The molecule has 0 heterocycles. The quantitative estimate of drug-likeness (QED) is 0.0875. The van der Waals surface area contributed by atoms with Crippen LogP contribution in [0.4, 0.5) is 0 Å². The van der Waals surface area contributed by atoms with Gasteiger partial charge in [0, 0.05) is 20.1 Å². The van der Waals surface area contributed by atoms with Gasteiger partial charge in [0.15, 0.2) is 0 Å². The maximum Gasteiger partial charge on any atom is 0.470 e. The van der Waals surface area contributed by atoms with Crippen LogP contribution in [0.25, 0.3) is 0 Å². The third kappa shape index (κ3) is 15.2. The zero-order valence-corrected chi connectivity index (χ0v) is 24.0. The van der Waals surface area contributed by atoms with Crippen LogP contribution in [0.1, 0.15) is 0 Å². The molecule has 0 bridgehead atoms. The molecule has 12 N–H and O–H groups in total. The molecule has 1 fully saturated rings. The van der Waals surface area contributed by atoms with Crippen molar-refractivity contribution in [3.63, 3.8) is 0 Å². The monoisotopic (exact) mass is 757 g/mol. The van der Waals surface area contributed by atoms with Crippen molar-refractivity contribution < 1.29 is 133 Å². The van der Waals surface area contributed by atoms with Crippen molar-refractivity contribution in [2.75, 3.05) is 0 Å². The van der Waals surface area contributed by atoms with Crippen LogP contribution >= 0.6 is 46.9 Å². The van der Waals surface area contributed by atoms with E-state index in [-0.39, 0.29) is 20.1 Å². The van der Waals surface area contributed by atoms with E-state index in [1.54, 1.807) is 0 Å². The molecule has 0 unspecified atom stereocenters. The third-order valence-electron chi connectivity index (χ3n) is 3.50. The molecule has 1 aliphatic carbocycles. The predicted molar refractivity (Wildman–Crippen MR) is 102 cm³/mol. The van der Waals surface area contributed by atoms with Crippen molar-refractivity contribution in [2.24, 2.45) is 0 Å². The average molecular weight is 758 g/mol. The van der Waals surface area contributed by atoms with Gasteiger partial charge >= 0.3 is 46.9 Å². The van der Waals surface area contributed by atoms with Crippen molar-refractivity contribution in [1.29, 1.82) is 0 Å². The maximum absolute atomic E-state index is 11.4. The molecule has 0 aliphatic heterocycles. The van der Waals surface area contributed by atoms with Gasteiger partial charge in [0.1, 0.15) is 36.6 Å². The van der Waals surface area contributed by atoms with Gasteiger partial charge in [-0.05, 0) is 0 Å². The van der Waals surface area contributed by atoms with E-state index in [1.165, 1.54) is 0 Å². The topological polar surface area (TPSA) is 401 Å². The smallest absolute Gasteiger partial charge is 0.303 e. The average Bonchev–Trinajstić information content (AvgIpc) is 2.51. The first-order valence-corrected chi connectivity index (χ1v) is 17.2. The molecule has 1 rings (SSSR count). The van der Waals surface area contributed by atoms with E-state index >= 15 is 0 Å². The van der Waals surface area contributed by atoms with Gasteiger partial charge in [-0.25, -0.2) is 27.4 Å². The molecular weight excluding hydrogens is 740 g/mol. The van der Waals surface area contributed by atoms with E-state index in [2.05, 4.69) is 27.1 Å². The second kappa shape index (κ2) is 13.1. The Morgan fingerprint density at radius 1 is 0.297 bits per heavy atom. The summed E-state index contributed by atoms with van der Waals surface area (Å²) in [5.74, 6) is 0. The molecule has 0 spiro atoms. The molecule has 0 amide bonds. The molecule has 1 radical (unpaired) electrons. The predicted octanol–water partition coefficient (Wildman–Crippen LogP) is -3.14. The van der Waals surface area contributed by atoms with Crippen LogP contribution in [-0.2, 0) is 74.6 Å². The van der Waals surface area contributed by atoms with E-state index in [1.807, 2.05) is 0 Å². The molecule has 0 atom stereocenters. The summed E-state index contributed by atoms with van der Waals surface area (Å²) in [7, 11) is -36.1. The van der Waals surface area contributed by atoms with E-state index in [9.17, 15) is 27.4 Å². The molecule has 1 aliphatic rings. The first kappa shape index (κ1) is 38.3. The summed E-state index contributed by atoms with van der Waals surface area (Å²) < 4.78 is 93.1. The Kier molecular flexibility index (Phi) is 13.5. The minimum Gasteiger partial charge on any atom is -0.303 e. The largest absolute Gasteiger partial charge is 0.470 e. The van der Waals surface area contributed by atoms with E-state index < -0.39 is 83.6 Å². The van der Waals surface area contributed by atoms with Gasteiger partial charge in [0.05, 0.1) is 0 Å². The maximum atomic E-state index is 11.4. The van der Waals surface area contributed by atoms with Gasteiger partial charge in [-0.15, -0.1) is 0 Å². The summed E-state index contributed by atoms with van der Waals surface area (Å²) in [6.45, 7) is 0. The van der Waals surface area contributed by atoms with Crippen LogP contribution in [0.15, 0.2) is 0 Å². The van der Waals surface area contributed by atoms with Gasteiger partial charge < -0.3 is 58.7 Å². The van der Waals surface area contributed by atoms with Crippen LogP contribution in [0.3, 0.4) is 0 Å². The Hall–Kier alpha value is 1.31. The molecule has 37 heavy (non-hydrogen) atoms. The Bertz CT molecular complexity index is 824. The first-order chi connectivity index (χ1) is 15.6. The number of rotatable bonds is 12. The summed E-state index contributed by atoms with van der Waals surface area (Å²) in [4.78, 5) is 110. The van der Waals surface area contributed by atoms with Crippen molar-refractivity contribution in [3.8, 4) is 0 Å². The van der Waals surface area contributed by atoms with Crippen molar-refractivity contribution in [3.05, 3.63) is 0 Å². The first-order valence-electron chi connectivity index (χ1n) is 8.01. The molecule has 0 aromatic heterocycles. The van der Waals surface area contributed by atoms with Crippen LogP contribution in [-0.4, -0.2) is 95.3 Å². The standard InChI is InChI=1S/C6H18O24P6.Tc/c7-31(8,9)25-1-2(26-32(10,11)12)4(28-34(16,17)18)6(30-36(22,23)24)5(29-35(19,20)21)3(1)27-33(13,14)15;/h1-6H,(H2,7,8,9)(H2,10,11,12)(H2,13,14,15)(H2,16,17,18)(H2,19,20,21)(H2,22,23,24);. The zero-order chi connectivity index (χ0) is 28.7. The van der Waals surface area contributed by atoms with Gasteiger partial charge in [-0.1, -0.05) is 0 Å². The van der Waals surface area contributed by atoms with Gasteiger partial charge in [0.2, 0.25) is 0 Å². The third-order valence-corrected chi connectivity index (χ3v) is 6.61. The van der Waals surface area contributed by atoms with Gasteiger partial charge in [0.25, 0.3) is 0 Å². The van der Waals surface area contributed by atoms with E-state index in [0.717, 1.165) is 0 Å². The van der Waals surface area contributed by atoms with Crippen LogP contribution in [0.5, 0.6) is 0 Å². The van der Waals surface area contributed by atoms with Crippen LogP contribution < -0.4 is 0 Å². The summed E-state index contributed by atoms with van der Waals surface area (Å²) in [5.41, 5.74) is 0. The fourth-order valence-electron chi connectivity index (χ4n) is 2.79. The molecular formula is C6H18O24P6Tc. The minimum atomic E-state index is -6.02. The summed E-state index contributed by atoms with van der Waals surface area (Å²) in [6.07, 6.45) is -18.9. The molecule has 223 valence electrons. The summed E-state index contributed by atoms with van der Waals surface area (Å²) in [6, 6.07) is 0. The second-order valence-electron chi connectivity index (χ2n) is 6.36. The number of hydrogen-bond donors (Lipinski definition) is 12. The SMILES string of the molecule is O=P(O)(O)OC1C(OP(=O)(O)O)C(OP(=O)(O)O)C(OP(=O)(O)O)C(OP(=O)(O)O)C1OP(=O)(O)O.[Tc]. The Morgan fingerprint density at radius 2 is 0.378 bits per heavy atom.